The van der Waals surface area contributed by atoms with Crippen LogP contribution in [-0.4, -0.2) is 41.1 Å². The van der Waals surface area contributed by atoms with Crippen LogP contribution in [0.4, 0.5) is 0 Å². The molecule has 2 aliphatic heterocycles. The highest BCUT2D eigenvalue weighted by atomic mass is 32.2. The van der Waals surface area contributed by atoms with Crippen molar-refractivity contribution >= 4 is 23.6 Å². The second kappa shape index (κ2) is 7.80. The summed E-state index contributed by atoms with van der Waals surface area (Å²) in [5.74, 6) is 0.518. The first-order valence-electron chi connectivity index (χ1n) is 8.09. The minimum absolute atomic E-state index is 0.108. The van der Waals surface area contributed by atoms with Gasteiger partial charge in [-0.3, -0.25) is 9.69 Å². The molecule has 0 saturated carbocycles. The fourth-order valence-electron chi connectivity index (χ4n) is 2.78. The van der Waals surface area contributed by atoms with Crippen molar-refractivity contribution in [1.29, 1.82) is 0 Å². The van der Waals surface area contributed by atoms with Gasteiger partial charge in [0.1, 0.15) is 29.5 Å². The molecular weight excluding hydrogens is 352 g/mol. The first-order chi connectivity index (χ1) is 12.6. The number of hydrogen-bond acceptors (Lipinski definition) is 6. The van der Waals surface area contributed by atoms with Gasteiger partial charge in [-0.25, -0.2) is 4.79 Å². The Kier molecular flexibility index (Phi) is 5.49. The zero-order valence-electron chi connectivity index (χ0n) is 14.4. The molecule has 1 unspecified atom stereocenters. The van der Waals surface area contributed by atoms with Crippen molar-refractivity contribution in [2.75, 3.05) is 12.9 Å². The van der Waals surface area contributed by atoms with E-state index in [1.165, 1.54) is 16.7 Å². The van der Waals surface area contributed by atoms with E-state index in [-0.39, 0.29) is 23.6 Å². The molecule has 1 fully saturated rings. The molecule has 2 heterocycles. The fraction of sp³-hybridized carbons (Fsp3) is 0.263. The highest BCUT2D eigenvalue weighted by Crippen LogP contribution is 2.40. The first-order valence-corrected chi connectivity index (χ1v) is 9.14. The van der Waals surface area contributed by atoms with E-state index in [1.807, 2.05) is 12.1 Å². The van der Waals surface area contributed by atoms with E-state index in [4.69, 9.17) is 15.2 Å². The Bertz CT molecular complexity index is 785. The predicted molar refractivity (Wildman–Crippen MR) is 100 cm³/mol. The zero-order chi connectivity index (χ0) is 18.7. The van der Waals surface area contributed by atoms with E-state index in [1.54, 1.807) is 37.5 Å². The number of benzene rings is 1. The van der Waals surface area contributed by atoms with Gasteiger partial charge in [-0.05, 0) is 23.3 Å². The number of allylic oxidation sites excluding steroid dienone is 3. The lowest BCUT2D eigenvalue weighted by atomic mass is 10.0. The number of β-lactam (4-membered cyclic amide) rings is 1. The van der Waals surface area contributed by atoms with Crippen LogP contribution in [0.2, 0.25) is 0 Å². The topological polar surface area (TPSA) is 81.9 Å². The third-order valence-corrected chi connectivity index (χ3v) is 5.52. The second-order valence-electron chi connectivity index (χ2n) is 5.83. The standard InChI is InChI=1S/C19H20N2O4S/c1-3-4-5-13-11-26-18-15(20)17(22)21(18)16(13)19(23)25-10-12-6-8-14(24-2)9-7-12/h3-9,15,18H,1,10-11,20H2,2H3/t15?,18-/m0/s1. The molecule has 0 bridgehead atoms. The summed E-state index contributed by atoms with van der Waals surface area (Å²) in [6.45, 7) is 3.74. The Morgan fingerprint density at radius 2 is 2.15 bits per heavy atom. The number of carbonyl (C=O) groups excluding carboxylic acids is 2. The van der Waals surface area contributed by atoms with Crippen molar-refractivity contribution in [2.24, 2.45) is 5.73 Å². The number of hydrogen-bond donors (Lipinski definition) is 1. The normalized spacial score (nSPS) is 22.1. The Labute approximate surface area is 156 Å². The summed E-state index contributed by atoms with van der Waals surface area (Å²) in [7, 11) is 1.59. The van der Waals surface area contributed by atoms with Crippen LogP contribution in [0, 0.1) is 0 Å². The maximum Gasteiger partial charge on any atom is 0.355 e. The van der Waals surface area contributed by atoms with E-state index in [0.29, 0.717) is 5.75 Å². The van der Waals surface area contributed by atoms with Gasteiger partial charge >= 0.3 is 5.97 Å². The molecule has 2 atom stereocenters. The number of amides is 1. The molecule has 2 aliphatic rings. The average molecular weight is 372 g/mol. The maximum absolute atomic E-state index is 12.7. The van der Waals surface area contributed by atoms with Gasteiger partial charge in [-0.2, -0.15) is 0 Å². The van der Waals surface area contributed by atoms with Crippen molar-refractivity contribution in [1.82, 2.24) is 4.90 Å². The first kappa shape index (κ1) is 18.3. The molecular formula is C19H20N2O4S. The lowest BCUT2D eigenvalue weighted by molar-refractivity contribution is -0.151. The Balaban J connectivity index is 1.78. The molecule has 6 nitrogen and oxygen atoms in total. The summed E-state index contributed by atoms with van der Waals surface area (Å²) < 4.78 is 10.6. The number of methoxy groups -OCH3 is 1. The van der Waals surface area contributed by atoms with Crippen LogP contribution in [0.3, 0.4) is 0 Å². The van der Waals surface area contributed by atoms with E-state index >= 15 is 0 Å². The van der Waals surface area contributed by atoms with E-state index in [2.05, 4.69) is 6.58 Å². The number of thioether (sulfide) groups is 1. The van der Waals surface area contributed by atoms with Crippen molar-refractivity contribution < 1.29 is 19.1 Å². The molecule has 26 heavy (non-hydrogen) atoms. The largest absolute Gasteiger partial charge is 0.497 e. The van der Waals surface area contributed by atoms with Crippen molar-refractivity contribution in [3.63, 3.8) is 0 Å². The average Bonchev–Trinajstić information content (AvgIpc) is 2.69. The monoisotopic (exact) mass is 372 g/mol. The molecule has 136 valence electrons. The van der Waals surface area contributed by atoms with Crippen molar-refractivity contribution in [2.45, 2.75) is 18.0 Å². The quantitative estimate of drug-likeness (QED) is 0.467. The Morgan fingerprint density at radius 3 is 2.81 bits per heavy atom. The van der Waals surface area contributed by atoms with Gasteiger partial charge in [0.15, 0.2) is 0 Å². The Hall–Kier alpha value is -2.51. The van der Waals surface area contributed by atoms with Gasteiger partial charge < -0.3 is 15.2 Å². The number of esters is 1. The van der Waals surface area contributed by atoms with Gasteiger partial charge in [0.05, 0.1) is 7.11 Å². The summed E-state index contributed by atoms with van der Waals surface area (Å²) in [4.78, 5) is 26.3. The van der Waals surface area contributed by atoms with Crippen molar-refractivity contribution in [3.8, 4) is 5.75 Å². The van der Waals surface area contributed by atoms with Crippen LogP contribution < -0.4 is 10.5 Å². The molecule has 1 aromatic rings. The van der Waals surface area contributed by atoms with Crippen LogP contribution in [0.25, 0.3) is 0 Å². The van der Waals surface area contributed by atoms with Crippen LogP contribution in [-0.2, 0) is 20.9 Å². The third-order valence-electron chi connectivity index (χ3n) is 4.19. The molecule has 0 aliphatic carbocycles. The summed E-state index contributed by atoms with van der Waals surface area (Å²) >= 11 is 1.54. The predicted octanol–water partition coefficient (Wildman–Crippen LogP) is 1.98. The van der Waals surface area contributed by atoms with Gasteiger partial charge in [0.2, 0.25) is 5.91 Å². The third kappa shape index (κ3) is 3.40. The second-order valence-corrected chi connectivity index (χ2v) is 6.93. The smallest absolute Gasteiger partial charge is 0.355 e. The highest BCUT2D eigenvalue weighted by molar-refractivity contribution is 8.00. The van der Waals surface area contributed by atoms with Gasteiger partial charge in [0, 0.05) is 5.75 Å². The molecule has 3 rings (SSSR count). The summed E-state index contributed by atoms with van der Waals surface area (Å²) in [5, 5.41) is -0.216. The van der Waals surface area contributed by atoms with Crippen LogP contribution >= 0.6 is 11.8 Å². The van der Waals surface area contributed by atoms with Crippen LogP contribution in [0.5, 0.6) is 5.75 Å². The van der Waals surface area contributed by atoms with Crippen LogP contribution in [0.15, 0.2) is 60.3 Å². The number of nitrogens with two attached hydrogens (primary N) is 1. The van der Waals surface area contributed by atoms with Gasteiger partial charge in [-0.1, -0.05) is 36.9 Å². The maximum atomic E-state index is 12.7. The number of rotatable bonds is 6. The fourth-order valence-corrected chi connectivity index (χ4v) is 4.05. The highest BCUT2D eigenvalue weighted by Gasteiger charge is 2.51. The lowest BCUT2D eigenvalue weighted by Gasteiger charge is -2.48. The number of nitrogens with zero attached hydrogens (tertiary/aromatic N) is 1. The van der Waals surface area contributed by atoms with E-state index in [0.717, 1.165) is 16.9 Å². The molecule has 1 amide bonds. The molecule has 0 spiro atoms. The van der Waals surface area contributed by atoms with Gasteiger partial charge in [-0.15, -0.1) is 11.8 Å². The molecule has 1 aromatic carbocycles. The number of fused-ring (bicyclic) bond motifs is 1. The molecule has 0 aromatic heterocycles. The molecule has 7 heteroatoms. The minimum atomic E-state index is -0.575. The summed E-state index contributed by atoms with van der Waals surface area (Å²) in [6, 6.07) is 6.67. The summed E-state index contributed by atoms with van der Waals surface area (Å²) in [5.41, 5.74) is 7.67. The van der Waals surface area contributed by atoms with E-state index in [9.17, 15) is 9.59 Å². The molecule has 1 saturated heterocycles. The number of carbonyl (C=O) groups is 2. The minimum Gasteiger partial charge on any atom is -0.497 e. The summed E-state index contributed by atoms with van der Waals surface area (Å²) in [6.07, 6.45) is 5.13. The number of ether oxygens (including phenoxy) is 2. The van der Waals surface area contributed by atoms with Crippen LogP contribution in [0.1, 0.15) is 5.56 Å². The van der Waals surface area contributed by atoms with E-state index < -0.39 is 12.0 Å². The van der Waals surface area contributed by atoms with Crippen molar-refractivity contribution in [3.05, 3.63) is 65.9 Å². The SMILES string of the molecule is C=CC=CC1=C(C(=O)OCc2ccc(OC)cc2)N2C(=O)C(N)[C@@H]2SC1. The Morgan fingerprint density at radius 1 is 1.42 bits per heavy atom. The zero-order valence-corrected chi connectivity index (χ0v) is 15.2. The van der Waals surface area contributed by atoms with Gasteiger partial charge in [0.25, 0.3) is 0 Å². The molecule has 2 N–H and O–H groups in total. The molecule has 0 radical (unpaired) electrons. The lowest BCUT2D eigenvalue weighted by Crippen LogP contribution is -2.68.